The Balaban J connectivity index is 1.91. The molecule has 100 valence electrons. The number of nitrogens with zero attached hydrogens (tertiary/aromatic N) is 1. The van der Waals surface area contributed by atoms with Crippen LogP contribution in [0.1, 0.15) is 49.8 Å². The lowest BCUT2D eigenvalue weighted by Gasteiger charge is -2.25. The topological polar surface area (TPSA) is 23.5 Å². The highest BCUT2D eigenvalue weighted by Crippen LogP contribution is 2.29. The number of aliphatic hydroxyl groups excluding tert-OH is 1. The molecule has 0 aromatic heterocycles. The molecule has 0 saturated heterocycles. The number of benzene rings is 1. The van der Waals surface area contributed by atoms with Crippen molar-refractivity contribution in [3.63, 3.8) is 0 Å². The van der Waals surface area contributed by atoms with E-state index < -0.39 is 0 Å². The molecule has 1 aromatic carbocycles. The summed E-state index contributed by atoms with van der Waals surface area (Å²) in [6, 6.07) is 8.98. The van der Waals surface area contributed by atoms with Gasteiger partial charge in [0.05, 0.1) is 6.10 Å². The minimum atomic E-state index is -0.344. The molecule has 2 heteroatoms. The number of aliphatic hydroxyl groups is 1. The summed E-state index contributed by atoms with van der Waals surface area (Å²) in [6.07, 6.45) is 4.73. The minimum absolute atomic E-state index is 0.344. The maximum Gasteiger partial charge on any atom is 0.0917 e. The van der Waals surface area contributed by atoms with Crippen LogP contribution in [0, 0.1) is 6.92 Å². The zero-order valence-corrected chi connectivity index (χ0v) is 11.6. The second-order valence-electron chi connectivity index (χ2n) is 5.51. The maximum absolute atomic E-state index is 10.3. The van der Waals surface area contributed by atoms with Crippen molar-refractivity contribution in [2.24, 2.45) is 0 Å². The maximum atomic E-state index is 10.3. The van der Waals surface area contributed by atoms with Crippen LogP contribution in [-0.4, -0.2) is 29.1 Å². The molecule has 1 aliphatic carbocycles. The zero-order valence-electron chi connectivity index (χ0n) is 11.6. The van der Waals surface area contributed by atoms with E-state index in [1.807, 2.05) is 12.1 Å². The number of rotatable bonds is 7. The summed E-state index contributed by atoms with van der Waals surface area (Å²) in [4.78, 5) is 2.47. The molecule has 1 fully saturated rings. The Kier molecular flexibility index (Phi) is 4.79. The van der Waals surface area contributed by atoms with E-state index >= 15 is 0 Å². The van der Waals surface area contributed by atoms with Gasteiger partial charge in [-0.25, -0.2) is 0 Å². The molecule has 1 unspecified atom stereocenters. The number of hydrogen-bond acceptors (Lipinski definition) is 2. The molecule has 1 aliphatic rings. The molecule has 1 aromatic rings. The highest BCUT2D eigenvalue weighted by atomic mass is 16.3. The monoisotopic (exact) mass is 247 g/mol. The molecule has 0 amide bonds. The Bertz CT molecular complexity index is 356. The Morgan fingerprint density at radius 1 is 1.28 bits per heavy atom. The number of aryl methyl sites for hydroxylation is 1. The molecular weight excluding hydrogens is 222 g/mol. The summed E-state index contributed by atoms with van der Waals surface area (Å²) in [5, 5.41) is 10.3. The predicted octanol–water partition coefficient (Wildman–Crippen LogP) is 3.29. The third kappa shape index (κ3) is 3.82. The highest BCUT2D eigenvalue weighted by Gasteiger charge is 2.29. The molecule has 18 heavy (non-hydrogen) atoms. The summed E-state index contributed by atoms with van der Waals surface area (Å²) in [7, 11) is 0. The van der Waals surface area contributed by atoms with Crippen molar-refractivity contribution in [1.82, 2.24) is 4.90 Å². The van der Waals surface area contributed by atoms with Gasteiger partial charge in [0, 0.05) is 12.6 Å². The normalized spacial score (nSPS) is 17.1. The molecular formula is C16H25NO. The van der Waals surface area contributed by atoms with Gasteiger partial charge in [-0.2, -0.15) is 0 Å². The average Bonchev–Trinajstić information content (AvgIpc) is 3.19. The van der Waals surface area contributed by atoms with Gasteiger partial charge in [0.25, 0.3) is 0 Å². The second kappa shape index (κ2) is 6.35. The zero-order chi connectivity index (χ0) is 13.0. The van der Waals surface area contributed by atoms with Gasteiger partial charge < -0.3 is 5.11 Å². The summed E-state index contributed by atoms with van der Waals surface area (Å²) in [5.74, 6) is 0. The number of hydrogen-bond donors (Lipinski definition) is 1. The molecule has 1 N–H and O–H groups in total. The fourth-order valence-corrected chi connectivity index (χ4v) is 2.34. The van der Waals surface area contributed by atoms with Crippen LogP contribution in [0.4, 0.5) is 0 Å². The van der Waals surface area contributed by atoms with E-state index in [2.05, 4.69) is 30.9 Å². The first-order chi connectivity index (χ1) is 8.70. The lowest BCUT2D eigenvalue weighted by atomic mass is 10.1. The number of unbranched alkanes of at least 4 members (excludes halogenated alkanes) is 1. The van der Waals surface area contributed by atoms with Crippen molar-refractivity contribution in [2.75, 3.05) is 13.1 Å². The van der Waals surface area contributed by atoms with E-state index in [1.165, 1.54) is 31.2 Å². The SMILES string of the molecule is CCCCN(CC(O)c1ccc(C)cc1)C1CC1. The Labute approximate surface area is 111 Å². The van der Waals surface area contributed by atoms with Gasteiger partial charge >= 0.3 is 0 Å². The average molecular weight is 247 g/mol. The van der Waals surface area contributed by atoms with Crippen LogP contribution in [-0.2, 0) is 0 Å². The van der Waals surface area contributed by atoms with Crippen LogP contribution in [0.15, 0.2) is 24.3 Å². The molecule has 0 aliphatic heterocycles. The highest BCUT2D eigenvalue weighted by molar-refractivity contribution is 5.23. The fraction of sp³-hybridized carbons (Fsp3) is 0.625. The lowest BCUT2D eigenvalue weighted by Crippen LogP contribution is -2.31. The molecule has 2 nitrogen and oxygen atoms in total. The van der Waals surface area contributed by atoms with Gasteiger partial charge in [0.1, 0.15) is 0 Å². The van der Waals surface area contributed by atoms with E-state index in [0.29, 0.717) is 0 Å². The first kappa shape index (κ1) is 13.6. The fourth-order valence-electron chi connectivity index (χ4n) is 2.34. The summed E-state index contributed by atoms with van der Waals surface area (Å²) in [5.41, 5.74) is 2.29. The van der Waals surface area contributed by atoms with Crippen LogP contribution in [0.2, 0.25) is 0 Å². The first-order valence-electron chi connectivity index (χ1n) is 7.19. The van der Waals surface area contributed by atoms with Crippen molar-refractivity contribution >= 4 is 0 Å². The molecule has 1 saturated carbocycles. The summed E-state index contributed by atoms with van der Waals surface area (Å²) in [6.45, 7) is 6.22. The molecule has 1 atom stereocenters. The second-order valence-corrected chi connectivity index (χ2v) is 5.51. The van der Waals surface area contributed by atoms with Gasteiger partial charge in [-0.3, -0.25) is 4.90 Å². The summed E-state index contributed by atoms with van der Waals surface area (Å²) >= 11 is 0. The molecule has 2 rings (SSSR count). The van der Waals surface area contributed by atoms with Crippen LogP contribution >= 0.6 is 0 Å². The smallest absolute Gasteiger partial charge is 0.0917 e. The predicted molar refractivity (Wildman–Crippen MR) is 75.6 cm³/mol. The van der Waals surface area contributed by atoms with E-state index in [-0.39, 0.29) is 6.10 Å². The van der Waals surface area contributed by atoms with E-state index in [9.17, 15) is 5.11 Å². The molecule has 0 radical (unpaired) electrons. The van der Waals surface area contributed by atoms with Gasteiger partial charge in [-0.15, -0.1) is 0 Å². The van der Waals surface area contributed by atoms with E-state index in [4.69, 9.17) is 0 Å². The van der Waals surface area contributed by atoms with Gasteiger partial charge in [0.15, 0.2) is 0 Å². The molecule has 0 heterocycles. The van der Waals surface area contributed by atoms with Gasteiger partial charge in [-0.05, 0) is 38.3 Å². The Morgan fingerprint density at radius 3 is 2.50 bits per heavy atom. The largest absolute Gasteiger partial charge is 0.387 e. The van der Waals surface area contributed by atoms with Crippen LogP contribution in [0.3, 0.4) is 0 Å². The van der Waals surface area contributed by atoms with Crippen LogP contribution in [0.25, 0.3) is 0 Å². The standard InChI is InChI=1S/C16H25NO/c1-3-4-11-17(15-9-10-15)12-16(18)14-7-5-13(2)6-8-14/h5-8,15-16,18H,3-4,9-12H2,1-2H3. The first-order valence-corrected chi connectivity index (χ1v) is 7.19. The van der Waals surface area contributed by atoms with Crippen molar-refractivity contribution < 1.29 is 5.11 Å². The van der Waals surface area contributed by atoms with E-state index in [0.717, 1.165) is 24.7 Å². The minimum Gasteiger partial charge on any atom is -0.387 e. The summed E-state index contributed by atoms with van der Waals surface area (Å²) < 4.78 is 0. The van der Waals surface area contributed by atoms with Crippen molar-refractivity contribution in [2.45, 2.75) is 51.7 Å². The van der Waals surface area contributed by atoms with Gasteiger partial charge in [0.2, 0.25) is 0 Å². The van der Waals surface area contributed by atoms with E-state index in [1.54, 1.807) is 0 Å². The van der Waals surface area contributed by atoms with Crippen LogP contribution in [0.5, 0.6) is 0 Å². The lowest BCUT2D eigenvalue weighted by molar-refractivity contribution is 0.107. The van der Waals surface area contributed by atoms with Crippen molar-refractivity contribution in [1.29, 1.82) is 0 Å². The van der Waals surface area contributed by atoms with Gasteiger partial charge in [-0.1, -0.05) is 43.2 Å². The Hall–Kier alpha value is -0.860. The molecule has 0 bridgehead atoms. The van der Waals surface area contributed by atoms with Crippen LogP contribution < -0.4 is 0 Å². The quantitative estimate of drug-likeness (QED) is 0.799. The molecule has 0 spiro atoms. The van der Waals surface area contributed by atoms with Crippen molar-refractivity contribution in [3.05, 3.63) is 35.4 Å². The Morgan fingerprint density at radius 2 is 1.94 bits per heavy atom. The third-order valence-corrected chi connectivity index (χ3v) is 3.73. The third-order valence-electron chi connectivity index (χ3n) is 3.73. The van der Waals surface area contributed by atoms with Crippen molar-refractivity contribution in [3.8, 4) is 0 Å².